The Morgan fingerprint density at radius 2 is 2.40 bits per heavy atom. The zero-order chi connectivity index (χ0) is 7.82. The number of unbranched alkanes of at least 4 members (excludes halogenated alkanes) is 1. The fourth-order valence-electron chi connectivity index (χ4n) is 0.496. The number of hydrogen-bond donors (Lipinski definition) is 0. The second kappa shape index (κ2) is 6.67. The molecular weight excluding hydrogens is 149 g/mol. The van der Waals surface area contributed by atoms with Gasteiger partial charge in [-0.3, -0.25) is 0 Å². The fraction of sp³-hybridized carbons (Fsp3) is 0.833. The summed E-state index contributed by atoms with van der Waals surface area (Å²) in [6.45, 7) is 2.29. The van der Waals surface area contributed by atoms with Gasteiger partial charge in [-0.1, -0.05) is 0 Å². The van der Waals surface area contributed by atoms with Gasteiger partial charge in [0, 0.05) is 12.8 Å². The lowest BCUT2D eigenvalue weighted by Crippen LogP contribution is -1.82. The van der Waals surface area contributed by atoms with Crippen LogP contribution in [0, 0.1) is 11.3 Å². The summed E-state index contributed by atoms with van der Waals surface area (Å²) in [5, 5.41) is 8.12. The topological polar surface area (TPSA) is 50.1 Å². The predicted molar refractivity (Wildman–Crippen MR) is 38.9 cm³/mol. The van der Waals surface area contributed by atoms with Crippen molar-refractivity contribution >= 4 is 8.03 Å². The van der Waals surface area contributed by atoms with E-state index in [4.69, 9.17) is 9.79 Å². The molecule has 0 fully saturated rings. The van der Waals surface area contributed by atoms with Crippen molar-refractivity contribution in [2.45, 2.75) is 19.8 Å². The Morgan fingerprint density at radius 1 is 1.70 bits per heavy atom. The largest absolute Gasteiger partial charge is 0.508 e. The summed E-state index contributed by atoms with van der Waals surface area (Å²) >= 11 is 0. The van der Waals surface area contributed by atoms with Gasteiger partial charge in [0.1, 0.15) is 0 Å². The van der Waals surface area contributed by atoms with Gasteiger partial charge in [-0.2, -0.15) is 5.26 Å². The van der Waals surface area contributed by atoms with Crippen LogP contribution in [0.5, 0.6) is 0 Å². The fourth-order valence-corrected chi connectivity index (χ4v) is 1.33. The van der Waals surface area contributed by atoms with E-state index in [0.29, 0.717) is 25.6 Å². The molecule has 10 heavy (non-hydrogen) atoms. The maximum atomic E-state index is 10.7. The third kappa shape index (κ3) is 5.68. The van der Waals surface area contributed by atoms with Crippen LogP contribution in [-0.2, 0) is 9.09 Å². The molecule has 0 aromatic rings. The first-order valence-corrected chi connectivity index (χ1v) is 4.62. The van der Waals surface area contributed by atoms with E-state index in [-0.39, 0.29) is 0 Å². The molecule has 0 aliphatic rings. The Morgan fingerprint density at radius 3 is 2.90 bits per heavy atom. The van der Waals surface area contributed by atoms with Crippen molar-refractivity contribution < 1.29 is 9.09 Å². The van der Waals surface area contributed by atoms with Gasteiger partial charge in [0.25, 0.3) is 0 Å². The average Bonchev–Trinajstić information content (AvgIpc) is 1.89. The second-order valence-corrected chi connectivity index (χ2v) is 3.11. The van der Waals surface area contributed by atoms with Crippen LogP contribution in [0.2, 0.25) is 0 Å². The predicted octanol–water partition coefficient (Wildman–Crippen LogP) is 2.07. The minimum absolute atomic E-state index is 0.466. The summed E-state index contributed by atoms with van der Waals surface area (Å²) < 4.78 is 15.5. The van der Waals surface area contributed by atoms with E-state index < -0.39 is 8.03 Å². The zero-order valence-corrected chi connectivity index (χ0v) is 6.93. The van der Waals surface area contributed by atoms with Crippen molar-refractivity contribution in [3.8, 4) is 6.07 Å². The van der Waals surface area contributed by atoms with Gasteiger partial charge in [-0.15, -0.1) is 4.52 Å². The van der Waals surface area contributed by atoms with Crippen LogP contribution < -0.4 is 0 Å². The van der Waals surface area contributed by atoms with E-state index in [1.807, 2.05) is 6.07 Å². The van der Waals surface area contributed by atoms with Gasteiger partial charge < -0.3 is 0 Å². The molecule has 56 valence electrons. The summed E-state index contributed by atoms with van der Waals surface area (Å²) in [4.78, 5) is 0. The lowest BCUT2D eigenvalue weighted by molar-refractivity contribution is 0.350. The maximum absolute atomic E-state index is 10.7. The van der Waals surface area contributed by atoms with E-state index in [1.54, 1.807) is 6.92 Å². The number of nitriles is 1. The lowest BCUT2D eigenvalue weighted by Gasteiger charge is -1.82. The summed E-state index contributed by atoms with van der Waals surface area (Å²) in [6, 6.07) is 1.98. The first-order chi connectivity index (χ1) is 4.81. The molecule has 0 radical (unpaired) electrons. The Labute approximate surface area is 61.9 Å². The normalized spacial score (nSPS) is 10.6. The van der Waals surface area contributed by atoms with Crippen LogP contribution in [0.25, 0.3) is 0 Å². The standard InChI is InChI=1S/C6H11NO2P/c1-2-9-10(8)6-4-3-5-7/h2-4,6H2,1H3/q+1. The zero-order valence-electron chi connectivity index (χ0n) is 6.04. The molecular formula is C6H11NO2P+. The van der Waals surface area contributed by atoms with Crippen LogP contribution in [0.15, 0.2) is 0 Å². The molecule has 0 spiro atoms. The van der Waals surface area contributed by atoms with E-state index in [9.17, 15) is 4.57 Å². The second-order valence-electron chi connectivity index (χ2n) is 1.74. The van der Waals surface area contributed by atoms with E-state index in [1.165, 1.54) is 0 Å². The van der Waals surface area contributed by atoms with Gasteiger partial charge >= 0.3 is 8.03 Å². The Balaban J connectivity index is 3.15. The Hall–Kier alpha value is -0.450. The van der Waals surface area contributed by atoms with Crippen LogP contribution in [-0.4, -0.2) is 12.8 Å². The van der Waals surface area contributed by atoms with Gasteiger partial charge in [0.2, 0.25) is 0 Å². The highest BCUT2D eigenvalue weighted by Crippen LogP contribution is 2.22. The highest BCUT2D eigenvalue weighted by atomic mass is 31.1. The minimum Gasteiger partial charge on any atom is -0.198 e. The van der Waals surface area contributed by atoms with E-state index in [0.717, 1.165) is 0 Å². The molecule has 0 aromatic heterocycles. The molecule has 0 saturated heterocycles. The highest BCUT2D eigenvalue weighted by Gasteiger charge is 2.13. The Bertz CT molecular complexity index is 141. The molecule has 0 amide bonds. The monoisotopic (exact) mass is 160 g/mol. The van der Waals surface area contributed by atoms with Gasteiger partial charge in [0.05, 0.1) is 12.7 Å². The van der Waals surface area contributed by atoms with E-state index >= 15 is 0 Å². The van der Waals surface area contributed by atoms with Crippen molar-refractivity contribution in [3.63, 3.8) is 0 Å². The molecule has 3 nitrogen and oxygen atoms in total. The van der Waals surface area contributed by atoms with Crippen LogP contribution in [0.1, 0.15) is 19.8 Å². The third-order valence-corrected chi connectivity index (χ3v) is 2.13. The summed E-state index contributed by atoms with van der Waals surface area (Å²) in [5.41, 5.74) is 0. The lowest BCUT2D eigenvalue weighted by atomic mass is 10.4. The number of rotatable bonds is 5. The average molecular weight is 160 g/mol. The van der Waals surface area contributed by atoms with Crippen molar-refractivity contribution in [2.75, 3.05) is 12.8 Å². The minimum atomic E-state index is -1.49. The molecule has 4 heteroatoms. The van der Waals surface area contributed by atoms with Crippen molar-refractivity contribution in [1.29, 1.82) is 5.26 Å². The summed E-state index contributed by atoms with van der Waals surface area (Å²) in [5.74, 6) is 0. The van der Waals surface area contributed by atoms with Crippen LogP contribution in [0.4, 0.5) is 0 Å². The molecule has 0 saturated carbocycles. The SMILES string of the molecule is CCO[P+](=O)CCCC#N. The molecule has 0 heterocycles. The Kier molecular flexibility index (Phi) is 6.37. The molecule has 0 bridgehead atoms. The summed E-state index contributed by atoms with van der Waals surface area (Å²) in [7, 11) is -1.49. The quantitative estimate of drug-likeness (QED) is 0.457. The first-order valence-electron chi connectivity index (χ1n) is 3.25. The molecule has 0 aromatic carbocycles. The molecule has 0 N–H and O–H groups in total. The molecule has 0 aliphatic carbocycles. The van der Waals surface area contributed by atoms with Crippen molar-refractivity contribution in [1.82, 2.24) is 0 Å². The smallest absolute Gasteiger partial charge is 0.198 e. The third-order valence-electron chi connectivity index (χ3n) is 0.902. The van der Waals surface area contributed by atoms with E-state index in [2.05, 4.69) is 0 Å². The molecule has 1 unspecified atom stereocenters. The highest BCUT2D eigenvalue weighted by molar-refractivity contribution is 7.39. The molecule has 0 aliphatic heterocycles. The van der Waals surface area contributed by atoms with Gasteiger partial charge in [0.15, 0.2) is 6.16 Å². The first kappa shape index (κ1) is 9.55. The molecule has 0 rings (SSSR count). The molecule has 1 atom stereocenters. The van der Waals surface area contributed by atoms with Gasteiger partial charge in [-0.05, 0) is 11.5 Å². The number of hydrogen-bond acceptors (Lipinski definition) is 3. The van der Waals surface area contributed by atoms with Gasteiger partial charge in [-0.25, -0.2) is 0 Å². The summed E-state index contributed by atoms with van der Waals surface area (Å²) in [6.07, 6.45) is 1.65. The van der Waals surface area contributed by atoms with Crippen LogP contribution in [0.3, 0.4) is 0 Å². The maximum Gasteiger partial charge on any atom is 0.508 e. The number of nitrogens with zero attached hydrogens (tertiary/aromatic N) is 1. The van der Waals surface area contributed by atoms with Crippen molar-refractivity contribution in [3.05, 3.63) is 0 Å². The van der Waals surface area contributed by atoms with Crippen LogP contribution >= 0.6 is 8.03 Å². The van der Waals surface area contributed by atoms with Crippen molar-refractivity contribution in [2.24, 2.45) is 0 Å².